The van der Waals surface area contributed by atoms with Gasteiger partial charge in [-0.25, -0.2) is 0 Å². The van der Waals surface area contributed by atoms with E-state index in [1.54, 1.807) is 18.2 Å². The second-order valence-electron chi connectivity index (χ2n) is 4.86. The van der Waals surface area contributed by atoms with E-state index >= 15 is 0 Å². The van der Waals surface area contributed by atoms with Crippen LogP contribution >= 0.6 is 11.6 Å². The molecule has 1 aromatic rings. The SMILES string of the molecule is CC(C)(C)NC(=O)COc1c(Cl)cccc1C=O. The Morgan fingerprint density at radius 3 is 2.67 bits per heavy atom. The number of benzene rings is 1. The molecule has 0 aliphatic rings. The normalized spacial score (nSPS) is 10.9. The molecule has 18 heavy (non-hydrogen) atoms. The van der Waals surface area contributed by atoms with Gasteiger partial charge in [0.25, 0.3) is 5.91 Å². The van der Waals surface area contributed by atoms with E-state index in [1.807, 2.05) is 20.8 Å². The third-order valence-corrected chi connectivity index (χ3v) is 2.28. The minimum Gasteiger partial charge on any atom is -0.481 e. The van der Waals surface area contributed by atoms with Crippen LogP contribution in [0.3, 0.4) is 0 Å². The molecule has 0 bridgehead atoms. The van der Waals surface area contributed by atoms with Crippen molar-refractivity contribution in [1.82, 2.24) is 5.32 Å². The number of halogens is 1. The van der Waals surface area contributed by atoms with Crippen molar-refractivity contribution < 1.29 is 14.3 Å². The third-order valence-electron chi connectivity index (χ3n) is 1.99. The second kappa shape index (κ2) is 5.87. The maximum Gasteiger partial charge on any atom is 0.258 e. The van der Waals surface area contributed by atoms with Crippen LogP contribution in [0.5, 0.6) is 5.75 Å². The molecule has 0 aliphatic heterocycles. The Hall–Kier alpha value is -1.55. The van der Waals surface area contributed by atoms with E-state index in [4.69, 9.17) is 16.3 Å². The summed E-state index contributed by atoms with van der Waals surface area (Å²) in [4.78, 5) is 22.4. The maximum absolute atomic E-state index is 11.6. The first-order chi connectivity index (χ1) is 8.33. The van der Waals surface area contributed by atoms with E-state index in [1.165, 1.54) is 0 Å². The highest BCUT2D eigenvalue weighted by atomic mass is 35.5. The zero-order valence-corrected chi connectivity index (χ0v) is 11.4. The average Bonchev–Trinajstić information content (AvgIpc) is 2.24. The average molecular weight is 270 g/mol. The van der Waals surface area contributed by atoms with Gasteiger partial charge >= 0.3 is 0 Å². The lowest BCUT2D eigenvalue weighted by Gasteiger charge is -2.20. The molecule has 0 saturated carbocycles. The van der Waals surface area contributed by atoms with Crippen molar-refractivity contribution in [3.63, 3.8) is 0 Å². The third kappa shape index (κ3) is 4.37. The Morgan fingerprint density at radius 1 is 1.44 bits per heavy atom. The summed E-state index contributed by atoms with van der Waals surface area (Å²) >= 11 is 5.91. The van der Waals surface area contributed by atoms with Gasteiger partial charge in [0, 0.05) is 5.54 Å². The number of amides is 1. The van der Waals surface area contributed by atoms with Gasteiger partial charge in [0.1, 0.15) is 5.75 Å². The highest BCUT2D eigenvalue weighted by Crippen LogP contribution is 2.27. The van der Waals surface area contributed by atoms with Gasteiger partial charge in [-0.05, 0) is 32.9 Å². The number of rotatable bonds is 4. The molecule has 0 spiro atoms. The summed E-state index contributed by atoms with van der Waals surface area (Å²) in [7, 11) is 0. The van der Waals surface area contributed by atoms with Crippen LogP contribution in [0.2, 0.25) is 5.02 Å². The molecule has 4 nitrogen and oxygen atoms in total. The lowest BCUT2D eigenvalue weighted by Crippen LogP contribution is -2.43. The van der Waals surface area contributed by atoms with Gasteiger partial charge < -0.3 is 10.1 Å². The first kappa shape index (κ1) is 14.5. The van der Waals surface area contributed by atoms with E-state index in [2.05, 4.69) is 5.32 Å². The number of aldehydes is 1. The number of carbonyl (C=O) groups excluding carboxylic acids is 2. The molecule has 0 saturated heterocycles. The molecular formula is C13H16ClNO3. The molecule has 0 atom stereocenters. The summed E-state index contributed by atoms with van der Waals surface area (Å²) in [6.07, 6.45) is 0.642. The Labute approximate surface area is 111 Å². The molecular weight excluding hydrogens is 254 g/mol. The molecule has 1 aromatic carbocycles. The van der Waals surface area contributed by atoms with Crippen molar-refractivity contribution in [2.45, 2.75) is 26.3 Å². The summed E-state index contributed by atoms with van der Waals surface area (Å²) in [6, 6.07) is 4.83. The van der Waals surface area contributed by atoms with E-state index in [0.29, 0.717) is 16.9 Å². The molecule has 0 radical (unpaired) electrons. The van der Waals surface area contributed by atoms with E-state index in [9.17, 15) is 9.59 Å². The first-order valence-corrected chi connectivity index (χ1v) is 5.89. The Kier molecular flexibility index (Phi) is 4.73. The standard InChI is InChI=1S/C13H16ClNO3/c1-13(2,3)15-11(17)8-18-12-9(7-16)5-4-6-10(12)14/h4-7H,8H2,1-3H3,(H,15,17). The Morgan fingerprint density at radius 2 is 2.11 bits per heavy atom. The van der Waals surface area contributed by atoms with Gasteiger partial charge in [0.05, 0.1) is 10.6 Å². The lowest BCUT2D eigenvalue weighted by atomic mass is 10.1. The van der Waals surface area contributed by atoms with Crippen LogP contribution in [0.4, 0.5) is 0 Å². The quantitative estimate of drug-likeness (QED) is 0.854. The number of hydrogen-bond donors (Lipinski definition) is 1. The molecule has 1 rings (SSSR count). The van der Waals surface area contributed by atoms with Gasteiger partial charge in [0.2, 0.25) is 0 Å². The van der Waals surface area contributed by atoms with Crippen LogP contribution in [0, 0.1) is 0 Å². The monoisotopic (exact) mass is 269 g/mol. The fraction of sp³-hybridized carbons (Fsp3) is 0.385. The molecule has 5 heteroatoms. The van der Waals surface area contributed by atoms with Crippen molar-refractivity contribution in [1.29, 1.82) is 0 Å². The van der Waals surface area contributed by atoms with Crippen molar-refractivity contribution in [3.8, 4) is 5.75 Å². The molecule has 0 aromatic heterocycles. The van der Waals surface area contributed by atoms with Crippen LogP contribution < -0.4 is 10.1 Å². The summed E-state index contributed by atoms with van der Waals surface area (Å²) in [5, 5.41) is 3.06. The van der Waals surface area contributed by atoms with Crippen molar-refractivity contribution in [3.05, 3.63) is 28.8 Å². The zero-order chi connectivity index (χ0) is 13.8. The zero-order valence-electron chi connectivity index (χ0n) is 10.6. The Balaban J connectivity index is 2.69. The van der Waals surface area contributed by atoms with Gasteiger partial charge in [-0.15, -0.1) is 0 Å². The van der Waals surface area contributed by atoms with E-state index in [-0.39, 0.29) is 23.8 Å². The predicted molar refractivity (Wildman–Crippen MR) is 70.2 cm³/mol. The first-order valence-electron chi connectivity index (χ1n) is 5.51. The minimum atomic E-state index is -0.325. The van der Waals surface area contributed by atoms with Crippen LogP contribution in [-0.4, -0.2) is 24.3 Å². The second-order valence-corrected chi connectivity index (χ2v) is 5.27. The topological polar surface area (TPSA) is 55.4 Å². The Bertz CT molecular complexity index is 452. The lowest BCUT2D eigenvalue weighted by molar-refractivity contribution is -0.124. The predicted octanol–water partition coefficient (Wildman–Crippen LogP) is 2.45. The number of nitrogens with one attached hydrogen (secondary N) is 1. The van der Waals surface area contributed by atoms with Crippen LogP contribution in [0.25, 0.3) is 0 Å². The molecule has 0 heterocycles. The van der Waals surface area contributed by atoms with Gasteiger partial charge in [-0.1, -0.05) is 17.7 Å². The number of hydrogen-bond acceptors (Lipinski definition) is 3. The van der Waals surface area contributed by atoms with Crippen LogP contribution in [-0.2, 0) is 4.79 Å². The number of para-hydroxylation sites is 1. The largest absolute Gasteiger partial charge is 0.481 e. The van der Waals surface area contributed by atoms with Crippen LogP contribution in [0.15, 0.2) is 18.2 Å². The van der Waals surface area contributed by atoms with Crippen molar-refractivity contribution >= 4 is 23.8 Å². The highest BCUT2D eigenvalue weighted by Gasteiger charge is 2.15. The summed E-state index contributed by atoms with van der Waals surface area (Å²) < 4.78 is 5.29. The fourth-order valence-corrected chi connectivity index (χ4v) is 1.60. The van der Waals surface area contributed by atoms with E-state index in [0.717, 1.165) is 0 Å². The maximum atomic E-state index is 11.6. The molecule has 0 fully saturated rings. The van der Waals surface area contributed by atoms with Gasteiger partial charge in [0.15, 0.2) is 12.9 Å². The molecule has 1 N–H and O–H groups in total. The minimum absolute atomic E-state index is 0.179. The van der Waals surface area contributed by atoms with Crippen molar-refractivity contribution in [2.75, 3.05) is 6.61 Å². The smallest absolute Gasteiger partial charge is 0.258 e. The highest BCUT2D eigenvalue weighted by molar-refractivity contribution is 6.32. The number of carbonyl (C=O) groups is 2. The van der Waals surface area contributed by atoms with Crippen LogP contribution in [0.1, 0.15) is 31.1 Å². The summed E-state index contributed by atoms with van der Waals surface area (Å²) in [5.41, 5.74) is 0.0000691. The molecule has 98 valence electrons. The molecule has 1 amide bonds. The number of ether oxygens (including phenoxy) is 1. The van der Waals surface area contributed by atoms with Gasteiger partial charge in [-0.3, -0.25) is 9.59 Å². The van der Waals surface area contributed by atoms with Crippen molar-refractivity contribution in [2.24, 2.45) is 0 Å². The summed E-state index contributed by atoms with van der Waals surface area (Å²) in [5.74, 6) is -0.0301. The summed E-state index contributed by atoms with van der Waals surface area (Å²) in [6.45, 7) is 5.44. The molecule has 0 aliphatic carbocycles. The van der Waals surface area contributed by atoms with E-state index < -0.39 is 0 Å². The fourth-order valence-electron chi connectivity index (χ4n) is 1.36. The van der Waals surface area contributed by atoms with Gasteiger partial charge in [-0.2, -0.15) is 0 Å². The molecule has 0 unspecified atom stereocenters.